The summed E-state index contributed by atoms with van der Waals surface area (Å²) in [5, 5.41) is 6.43. The van der Waals surface area contributed by atoms with Gasteiger partial charge in [-0.05, 0) is 23.3 Å². The average Bonchev–Trinajstić information content (AvgIpc) is 3.29. The highest BCUT2D eigenvalue weighted by Gasteiger charge is 2.69. The number of nitrogens with zero attached hydrogens (tertiary/aromatic N) is 3. The Hall–Kier alpha value is -2.97. The predicted octanol–water partition coefficient (Wildman–Crippen LogP) is 0.871. The molecule has 0 saturated carbocycles. The number of carbonyl (C=O) groups excluding carboxylic acids is 2. The number of halogens is 2. The smallest absolute Gasteiger partial charge is 0.263 e. The number of benzene rings is 1. The number of carbonyl (C=O) groups is 2. The first-order chi connectivity index (χ1) is 13.3. The van der Waals surface area contributed by atoms with Crippen molar-refractivity contribution in [3.63, 3.8) is 0 Å². The molecule has 1 aromatic carbocycles. The number of aromatic nitrogens is 2. The largest absolute Gasteiger partial charge is 0.497 e. The molecule has 0 bridgehead atoms. The molecule has 28 heavy (non-hydrogen) atoms. The van der Waals surface area contributed by atoms with Gasteiger partial charge in [0.25, 0.3) is 5.91 Å². The number of ether oxygens (including phenoxy) is 1. The molecule has 9 heteroatoms. The number of likely N-dealkylation sites (tertiary alicyclic amines) is 1. The quantitative estimate of drug-likeness (QED) is 0.822. The first kappa shape index (κ1) is 18.4. The Labute approximate surface area is 160 Å². The fourth-order valence-electron chi connectivity index (χ4n) is 3.69. The summed E-state index contributed by atoms with van der Waals surface area (Å²) in [6, 6.07) is 7.54. The van der Waals surface area contributed by atoms with E-state index < -0.39 is 42.8 Å². The molecule has 0 unspecified atom stereocenters. The molecular weight excluding hydrogens is 370 g/mol. The van der Waals surface area contributed by atoms with Crippen LogP contribution in [0.15, 0.2) is 36.7 Å². The molecule has 2 atom stereocenters. The predicted molar refractivity (Wildman–Crippen MR) is 95.3 cm³/mol. The van der Waals surface area contributed by atoms with E-state index in [1.165, 1.54) is 0 Å². The van der Waals surface area contributed by atoms with Crippen molar-refractivity contribution in [3.05, 3.63) is 47.8 Å². The molecule has 2 fully saturated rings. The standard InChI is InChI=1S/C19H20F2N4O3/c1-28-15-4-2-13(3-5-15)8-25-9-14(7-23-25)6-16(26)24-11-18(20)10-22-17(27)19(18,21)12-24/h2-5,7,9H,6,8,10-12H2,1H3,(H,22,27)/t18-,19-/m0/s1. The molecule has 2 aromatic rings. The van der Waals surface area contributed by atoms with Gasteiger partial charge in [0.2, 0.25) is 11.6 Å². The van der Waals surface area contributed by atoms with Gasteiger partial charge in [-0.3, -0.25) is 14.3 Å². The van der Waals surface area contributed by atoms with Crippen molar-refractivity contribution in [3.8, 4) is 5.75 Å². The molecule has 1 aromatic heterocycles. The number of methoxy groups -OCH3 is 1. The Bertz CT molecular complexity index is 916. The van der Waals surface area contributed by atoms with Crippen LogP contribution in [0.25, 0.3) is 0 Å². The molecule has 2 aliphatic heterocycles. The Balaban J connectivity index is 1.39. The third-order valence-corrected chi connectivity index (χ3v) is 5.35. The second-order valence-corrected chi connectivity index (χ2v) is 7.27. The van der Waals surface area contributed by atoms with Crippen LogP contribution in [0.4, 0.5) is 8.78 Å². The minimum Gasteiger partial charge on any atom is -0.497 e. The van der Waals surface area contributed by atoms with Crippen LogP contribution in [-0.4, -0.2) is 64.6 Å². The number of rotatable bonds is 5. The molecular formula is C19H20F2N4O3. The summed E-state index contributed by atoms with van der Waals surface area (Å²) >= 11 is 0. The van der Waals surface area contributed by atoms with E-state index >= 15 is 0 Å². The summed E-state index contributed by atoms with van der Waals surface area (Å²) in [5.41, 5.74) is -3.38. The maximum Gasteiger partial charge on any atom is 0.263 e. The molecule has 2 aliphatic rings. The normalized spacial score (nSPS) is 26.2. The number of alkyl halides is 2. The second-order valence-electron chi connectivity index (χ2n) is 7.27. The molecule has 2 amide bonds. The summed E-state index contributed by atoms with van der Waals surface area (Å²) in [6.07, 6.45) is 3.25. The lowest BCUT2D eigenvalue weighted by atomic mass is 9.93. The number of hydrogen-bond donors (Lipinski definition) is 1. The number of hydrogen-bond acceptors (Lipinski definition) is 4. The molecule has 148 valence electrons. The van der Waals surface area contributed by atoms with E-state index in [9.17, 15) is 18.4 Å². The van der Waals surface area contributed by atoms with Crippen LogP contribution in [0.3, 0.4) is 0 Å². The zero-order valence-electron chi connectivity index (χ0n) is 15.3. The van der Waals surface area contributed by atoms with Crippen molar-refractivity contribution >= 4 is 11.8 Å². The number of amides is 2. The van der Waals surface area contributed by atoms with Crippen molar-refractivity contribution in [2.45, 2.75) is 24.3 Å². The van der Waals surface area contributed by atoms with E-state index in [4.69, 9.17) is 4.74 Å². The number of nitrogens with one attached hydrogen (secondary N) is 1. The second kappa shape index (κ2) is 6.57. The Kier molecular flexibility index (Phi) is 4.32. The van der Waals surface area contributed by atoms with Gasteiger partial charge in [-0.15, -0.1) is 0 Å². The summed E-state index contributed by atoms with van der Waals surface area (Å²) in [6.45, 7) is -0.885. The minimum absolute atomic E-state index is 0.0314. The topological polar surface area (TPSA) is 76.5 Å². The molecule has 0 spiro atoms. The lowest BCUT2D eigenvalue weighted by Gasteiger charge is -2.19. The summed E-state index contributed by atoms with van der Waals surface area (Å²) in [4.78, 5) is 25.2. The van der Waals surface area contributed by atoms with E-state index in [0.717, 1.165) is 16.2 Å². The van der Waals surface area contributed by atoms with Gasteiger partial charge in [0.1, 0.15) is 5.75 Å². The molecule has 0 aliphatic carbocycles. The zero-order chi connectivity index (χ0) is 19.9. The third-order valence-electron chi connectivity index (χ3n) is 5.35. The molecule has 1 N–H and O–H groups in total. The van der Waals surface area contributed by atoms with Gasteiger partial charge in [-0.25, -0.2) is 8.78 Å². The van der Waals surface area contributed by atoms with E-state index in [-0.39, 0.29) is 6.42 Å². The van der Waals surface area contributed by atoms with Crippen LogP contribution in [0.1, 0.15) is 11.1 Å². The average molecular weight is 390 g/mol. The van der Waals surface area contributed by atoms with Crippen LogP contribution >= 0.6 is 0 Å². The maximum atomic E-state index is 14.7. The van der Waals surface area contributed by atoms with Crippen LogP contribution in [0.5, 0.6) is 5.75 Å². The highest BCUT2D eigenvalue weighted by atomic mass is 19.2. The Morgan fingerprint density at radius 3 is 2.68 bits per heavy atom. The molecule has 3 heterocycles. The van der Waals surface area contributed by atoms with Crippen LogP contribution in [0.2, 0.25) is 0 Å². The van der Waals surface area contributed by atoms with Crippen LogP contribution < -0.4 is 10.1 Å². The SMILES string of the molecule is COc1ccc(Cn2cc(CC(=O)N3C[C@@]4(F)CNC(=O)[C@@]4(F)C3)cn2)cc1. The number of fused-ring (bicyclic) bond motifs is 1. The van der Waals surface area contributed by atoms with Crippen LogP contribution in [-0.2, 0) is 22.6 Å². The van der Waals surface area contributed by atoms with E-state index in [0.29, 0.717) is 12.1 Å². The van der Waals surface area contributed by atoms with Gasteiger partial charge in [0.15, 0.2) is 5.67 Å². The van der Waals surface area contributed by atoms with Crippen molar-refractivity contribution in [2.24, 2.45) is 0 Å². The lowest BCUT2D eigenvalue weighted by Crippen LogP contribution is -2.47. The van der Waals surface area contributed by atoms with Crippen molar-refractivity contribution < 1.29 is 23.1 Å². The first-order valence-corrected chi connectivity index (χ1v) is 8.91. The van der Waals surface area contributed by atoms with Gasteiger partial charge >= 0.3 is 0 Å². The van der Waals surface area contributed by atoms with Crippen molar-refractivity contribution in [1.82, 2.24) is 20.0 Å². The molecule has 2 saturated heterocycles. The molecule has 7 nitrogen and oxygen atoms in total. The van der Waals surface area contributed by atoms with Crippen molar-refractivity contribution in [2.75, 3.05) is 26.7 Å². The fraction of sp³-hybridized carbons (Fsp3) is 0.421. The fourth-order valence-corrected chi connectivity index (χ4v) is 3.69. The third kappa shape index (κ3) is 3.00. The Morgan fingerprint density at radius 1 is 1.25 bits per heavy atom. The van der Waals surface area contributed by atoms with E-state index in [1.54, 1.807) is 24.2 Å². The minimum atomic E-state index is -2.67. The monoisotopic (exact) mass is 390 g/mol. The highest BCUT2D eigenvalue weighted by Crippen LogP contribution is 2.42. The summed E-state index contributed by atoms with van der Waals surface area (Å²) in [7, 11) is 1.60. The van der Waals surface area contributed by atoms with Gasteiger partial charge in [-0.2, -0.15) is 5.10 Å². The summed E-state index contributed by atoms with van der Waals surface area (Å²) in [5.74, 6) is -0.659. The Morgan fingerprint density at radius 2 is 2.00 bits per heavy atom. The van der Waals surface area contributed by atoms with E-state index in [2.05, 4.69) is 10.4 Å². The lowest BCUT2D eigenvalue weighted by molar-refractivity contribution is -0.133. The zero-order valence-corrected chi connectivity index (χ0v) is 15.3. The van der Waals surface area contributed by atoms with Crippen LogP contribution in [0, 0.1) is 0 Å². The van der Waals surface area contributed by atoms with Gasteiger partial charge in [0, 0.05) is 6.20 Å². The molecule has 0 radical (unpaired) electrons. The summed E-state index contributed by atoms with van der Waals surface area (Å²) < 4.78 is 36.2. The van der Waals surface area contributed by atoms with E-state index in [1.807, 2.05) is 24.3 Å². The van der Waals surface area contributed by atoms with Gasteiger partial charge in [-0.1, -0.05) is 12.1 Å². The first-order valence-electron chi connectivity index (χ1n) is 8.91. The van der Waals surface area contributed by atoms with Crippen molar-refractivity contribution in [1.29, 1.82) is 0 Å². The molecule has 4 rings (SSSR count). The maximum absolute atomic E-state index is 14.7. The van der Waals surface area contributed by atoms with Gasteiger partial charge in [0.05, 0.1) is 45.9 Å². The van der Waals surface area contributed by atoms with Gasteiger partial charge < -0.3 is 15.0 Å². The highest BCUT2D eigenvalue weighted by molar-refractivity contribution is 5.92.